The Morgan fingerprint density at radius 1 is 0.789 bits per heavy atom. The zero-order chi connectivity index (χ0) is 13.2. The molecule has 0 bridgehead atoms. The zero-order valence-electron chi connectivity index (χ0n) is 10.8. The number of thioether (sulfide) groups is 2. The molecule has 3 heteroatoms. The molecular weight excluding hydrogens is 288 g/mol. The van der Waals surface area contributed by atoms with Crippen LogP contribution in [0.25, 0.3) is 22.3 Å². The topological polar surface area (TPSA) is 0 Å². The molecule has 0 nitrogen and oxygen atoms in total. The first-order valence-corrected chi connectivity index (χ1v) is 9.40. The van der Waals surface area contributed by atoms with Crippen molar-refractivity contribution in [1.29, 1.82) is 0 Å². The van der Waals surface area contributed by atoms with Gasteiger partial charge in [-0.25, -0.2) is 0 Å². The van der Waals surface area contributed by atoms with Gasteiger partial charge in [0.1, 0.15) is 0 Å². The maximum absolute atomic E-state index is 2.30. The van der Waals surface area contributed by atoms with Crippen LogP contribution in [0.2, 0.25) is 0 Å². The molecule has 1 aromatic heterocycles. The quantitative estimate of drug-likeness (QED) is 0.547. The van der Waals surface area contributed by atoms with Gasteiger partial charge in [0.15, 0.2) is 0 Å². The molecule has 1 heterocycles. The Kier molecular flexibility index (Phi) is 3.87. The summed E-state index contributed by atoms with van der Waals surface area (Å²) in [5.41, 5.74) is 5.31. The summed E-state index contributed by atoms with van der Waals surface area (Å²) < 4.78 is 0. The summed E-state index contributed by atoms with van der Waals surface area (Å²) in [7, 11) is 0. The first-order chi connectivity index (χ1) is 9.33. The first-order valence-electron chi connectivity index (χ1n) is 6.01. The number of fused-ring (bicyclic) bond motifs is 1. The largest absolute Gasteiger partial charge is 0.152 e. The Balaban J connectivity index is 2.19. The van der Waals surface area contributed by atoms with E-state index in [-0.39, 0.29) is 0 Å². The molecule has 0 radical (unpaired) electrons. The van der Waals surface area contributed by atoms with Crippen molar-refractivity contribution in [3.8, 4) is 22.3 Å². The minimum Gasteiger partial charge on any atom is -0.152 e. The lowest BCUT2D eigenvalue weighted by atomic mass is 10.1. The number of hydrogen-bond donors (Lipinski definition) is 0. The lowest BCUT2D eigenvalue weighted by molar-refractivity contribution is 1.52. The monoisotopic (exact) mass is 302 g/mol. The van der Waals surface area contributed by atoms with Crippen molar-refractivity contribution in [2.75, 3.05) is 12.5 Å². The molecule has 96 valence electrons. The molecule has 0 aromatic carbocycles. The fourth-order valence-electron chi connectivity index (χ4n) is 2.24. The van der Waals surface area contributed by atoms with Crippen LogP contribution in [0, 0.1) is 0 Å². The van der Waals surface area contributed by atoms with Crippen molar-refractivity contribution in [2.45, 2.75) is 9.79 Å². The van der Waals surface area contributed by atoms with Gasteiger partial charge < -0.3 is 0 Å². The second-order valence-electron chi connectivity index (χ2n) is 4.24. The van der Waals surface area contributed by atoms with Crippen LogP contribution < -0.4 is 0 Å². The highest BCUT2D eigenvalue weighted by molar-refractivity contribution is 7.99. The summed E-state index contributed by atoms with van der Waals surface area (Å²) in [6, 6.07) is 13.4. The smallest absolute Gasteiger partial charge is 0.0159 e. The molecule has 0 aliphatic heterocycles. The molecule has 0 amide bonds. The highest BCUT2D eigenvalue weighted by atomic mass is 32.2. The van der Waals surface area contributed by atoms with Crippen molar-refractivity contribution >= 4 is 34.9 Å². The normalized spacial score (nSPS) is 11.1. The van der Waals surface area contributed by atoms with E-state index >= 15 is 0 Å². The average Bonchev–Trinajstić information content (AvgIpc) is 3.02. The van der Waals surface area contributed by atoms with Gasteiger partial charge in [0.25, 0.3) is 0 Å². The lowest BCUT2D eigenvalue weighted by Gasteiger charge is -1.97. The Morgan fingerprint density at radius 2 is 1.42 bits per heavy atom. The van der Waals surface area contributed by atoms with Crippen molar-refractivity contribution < 1.29 is 0 Å². The number of thiophene rings is 1. The Bertz CT molecular complexity index is 617. The van der Waals surface area contributed by atoms with E-state index in [0.29, 0.717) is 0 Å². The average molecular weight is 302 g/mol. The summed E-state index contributed by atoms with van der Waals surface area (Å²) >= 11 is 5.39. The van der Waals surface area contributed by atoms with E-state index in [2.05, 4.69) is 59.7 Å². The van der Waals surface area contributed by atoms with Crippen LogP contribution in [0.15, 0.2) is 56.9 Å². The summed E-state index contributed by atoms with van der Waals surface area (Å²) in [4.78, 5) is 2.73. The Hall–Kier alpha value is -0.900. The predicted molar refractivity (Wildman–Crippen MR) is 89.9 cm³/mol. The molecule has 2 aliphatic carbocycles. The van der Waals surface area contributed by atoms with E-state index < -0.39 is 0 Å². The van der Waals surface area contributed by atoms with Crippen molar-refractivity contribution in [3.05, 3.63) is 47.2 Å². The predicted octanol–water partition coefficient (Wildman–Crippen LogP) is 5.96. The van der Waals surface area contributed by atoms with Gasteiger partial charge in [0.05, 0.1) is 0 Å². The number of hydrogen-bond acceptors (Lipinski definition) is 3. The van der Waals surface area contributed by atoms with Gasteiger partial charge >= 0.3 is 0 Å². The first kappa shape index (κ1) is 13.1. The zero-order valence-corrected chi connectivity index (χ0v) is 13.3. The summed E-state index contributed by atoms with van der Waals surface area (Å²) in [6.45, 7) is 0. The van der Waals surface area contributed by atoms with E-state index in [0.717, 1.165) is 0 Å². The van der Waals surface area contributed by atoms with Crippen molar-refractivity contribution in [3.63, 3.8) is 0 Å². The molecule has 1 aromatic rings. The molecule has 0 atom stereocenters. The third-order valence-corrected chi connectivity index (χ3v) is 5.48. The molecule has 0 fully saturated rings. The fraction of sp³-hybridized carbons (Fsp3) is 0.125. The highest BCUT2D eigenvalue weighted by Gasteiger charge is 2.13. The molecule has 0 spiro atoms. The van der Waals surface area contributed by atoms with E-state index in [1.165, 1.54) is 32.0 Å². The van der Waals surface area contributed by atoms with E-state index in [1.807, 2.05) is 23.5 Å². The van der Waals surface area contributed by atoms with Crippen LogP contribution in [0.5, 0.6) is 0 Å². The molecule has 19 heavy (non-hydrogen) atoms. The van der Waals surface area contributed by atoms with Gasteiger partial charge in [-0.2, -0.15) is 11.3 Å². The highest BCUT2D eigenvalue weighted by Crippen LogP contribution is 2.41. The SMILES string of the molecule is CSc1cc(SC)c2ccc(-c3ccsc3)ccc1-2. The lowest BCUT2D eigenvalue weighted by Crippen LogP contribution is -1.69. The second kappa shape index (κ2) is 5.61. The summed E-state index contributed by atoms with van der Waals surface area (Å²) in [6.07, 6.45) is 4.29. The fourth-order valence-corrected chi connectivity index (χ4v) is 4.25. The minimum absolute atomic E-state index is 1.29. The Morgan fingerprint density at radius 3 is 1.89 bits per heavy atom. The number of rotatable bonds is 3. The van der Waals surface area contributed by atoms with Gasteiger partial charge in [-0.15, -0.1) is 23.5 Å². The van der Waals surface area contributed by atoms with Gasteiger partial charge in [0.2, 0.25) is 0 Å². The van der Waals surface area contributed by atoms with Crippen LogP contribution >= 0.6 is 34.9 Å². The minimum atomic E-state index is 1.29. The molecule has 0 N–H and O–H groups in total. The van der Waals surface area contributed by atoms with E-state index in [1.54, 1.807) is 11.3 Å². The van der Waals surface area contributed by atoms with Gasteiger partial charge in [0, 0.05) is 9.79 Å². The van der Waals surface area contributed by atoms with Crippen LogP contribution in [-0.4, -0.2) is 12.5 Å². The molecule has 0 saturated heterocycles. The van der Waals surface area contributed by atoms with Crippen LogP contribution in [0.3, 0.4) is 0 Å². The third-order valence-electron chi connectivity index (χ3n) is 3.24. The molecule has 3 rings (SSSR count). The standard InChI is InChI=1S/C16H14S3/c1-17-15-9-16(18-2)14-6-4-11(3-5-13(14)15)12-7-8-19-10-12/h3-10H,1-2H3. The maximum atomic E-state index is 2.30. The molecular formula is C16H14S3. The van der Waals surface area contributed by atoms with Crippen molar-refractivity contribution in [2.24, 2.45) is 0 Å². The molecule has 0 saturated carbocycles. The maximum Gasteiger partial charge on any atom is 0.0159 e. The van der Waals surface area contributed by atoms with Crippen LogP contribution in [0.1, 0.15) is 0 Å². The van der Waals surface area contributed by atoms with Gasteiger partial charge in [-0.05, 0) is 57.7 Å². The van der Waals surface area contributed by atoms with Crippen LogP contribution in [-0.2, 0) is 0 Å². The second-order valence-corrected chi connectivity index (χ2v) is 6.72. The van der Waals surface area contributed by atoms with Gasteiger partial charge in [-0.1, -0.05) is 24.3 Å². The van der Waals surface area contributed by atoms with Gasteiger partial charge in [-0.3, -0.25) is 0 Å². The van der Waals surface area contributed by atoms with E-state index in [9.17, 15) is 0 Å². The third kappa shape index (κ3) is 2.42. The molecule has 2 aliphatic rings. The van der Waals surface area contributed by atoms with E-state index in [4.69, 9.17) is 0 Å². The summed E-state index contributed by atoms with van der Waals surface area (Å²) in [5.74, 6) is 0. The Labute approximate surface area is 126 Å². The molecule has 0 unspecified atom stereocenters. The van der Waals surface area contributed by atoms with Crippen molar-refractivity contribution in [1.82, 2.24) is 0 Å². The summed E-state index contributed by atoms with van der Waals surface area (Å²) in [5, 5.41) is 4.33. The van der Waals surface area contributed by atoms with Crippen LogP contribution in [0.4, 0.5) is 0 Å².